The molecule has 236 valence electrons. The van der Waals surface area contributed by atoms with Gasteiger partial charge in [-0.2, -0.15) is 0 Å². The number of methoxy groups -OCH3 is 2. The van der Waals surface area contributed by atoms with Crippen LogP contribution in [0.15, 0.2) is 72.8 Å². The van der Waals surface area contributed by atoms with Gasteiger partial charge in [0.05, 0.1) is 26.2 Å². The first-order valence-electron chi connectivity index (χ1n) is 14.7. The van der Waals surface area contributed by atoms with Crippen LogP contribution in [0, 0.1) is 0 Å². The van der Waals surface area contributed by atoms with Gasteiger partial charge in [0, 0.05) is 30.1 Å². The molecule has 0 heterocycles. The number of carbonyl (C=O) groups excluding carboxylic acids is 2. The average Bonchev–Trinajstić information content (AvgIpc) is 3.02. The van der Waals surface area contributed by atoms with E-state index in [1.54, 1.807) is 36.4 Å². The Morgan fingerprint density at radius 3 is 2.23 bits per heavy atom. The number of amides is 2. The van der Waals surface area contributed by atoms with Gasteiger partial charge >= 0.3 is 0 Å². The van der Waals surface area contributed by atoms with Crippen molar-refractivity contribution in [3.63, 3.8) is 0 Å². The number of hydrogen-bond donors (Lipinski definition) is 1. The van der Waals surface area contributed by atoms with Gasteiger partial charge in [0.25, 0.3) is 0 Å². The maximum atomic E-state index is 14.4. The lowest BCUT2D eigenvalue weighted by atomic mass is 9.94. The third-order valence-electron chi connectivity index (χ3n) is 7.82. The van der Waals surface area contributed by atoms with Crippen molar-refractivity contribution >= 4 is 39.1 Å². The first-order valence-corrected chi connectivity index (χ1v) is 16.9. The molecule has 1 unspecified atom stereocenters. The summed E-state index contributed by atoms with van der Waals surface area (Å²) in [5.74, 6) is -0.166. The third-order valence-corrected chi connectivity index (χ3v) is 9.20. The molecule has 0 spiro atoms. The van der Waals surface area contributed by atoms with Gasteiger partial charge in [0.2, 0.25) is 21.8 Å². The smallest absolute Gasteiger partial charge is 0.244 e. The van der Waals surface area contributed by atoms with Crippen LogP contribution in [0.1, 0.15) is 43.2 Å². The van der Waals surface area contributed by atoms with E-state index in [1.807, 2.05) is 30.3 Å². The lowest BCUT2D eigenvalue weighted by Crippen LogP contribution is -2.55. The molecule has 0 aliphatic heterocycles. The van der Waals surface area contributed by atoms with Gasteiger partial charge < -0.3 is 19.7 Å². The second-order valence-corrected chi connectivity index (χ2v) is 13.3. The first-order chi connectivity index (χ1) is 21.1. The zero-order chi connectivity index (χ0) is 31.7. The number of halogens is 1. The van der Waals surface area contributed by atoms with Crippen molar-refractivity contribution < 1.29 is 27.5 Å². The Hall–Kier alpha value is -3.76. The summed E-state index contributed by atoms with van der Waals surface area (Å²) in [7, 11) is -1.09. The van der Waals surface area contributed by atoms with Crippen molar-refractivity contribution in [1.29, 1.82) is 0 Å². The van der Waals surface area contributed by atoms with Crippen LogP contribution in [-0.4, -0.2) is 64.2 Å². The van der Waals surface area contributed by atoms with Crippen LogP contribution in [0.5, 0.6) is 11.5 Å². The Labute approximate surface area is 265 Å². The van der Waals surface area contributed by atoms with E-state index in [9.17, 15) is 18.0 Å². The van der Waals surface area contributed by atoms with E-state index in [1.165, 1.54) is 25.2 Å². The second-order valence-electron chi connectivity index (χ2n) is 11.0. The molecule has 3 aromatic carbocycles. The summed E-state index contributed by atoms with van der Waals surface area (Å²) in [6.07, 6.45) is 6.25. The van der Waals surface area contributed by atoms with Crippen LogP contribution < -0.4 is 19.1 Å². The van der Waals surface area contributed by atoms with E-state index < -0.39 is 28.5 Å². The number of rotatable bonds is 13. The van der Waals surface area contributed by atoms with Gasteiger partial charge in [0.15, 0.2) is 0 Å². The van der Waals surface area contributed by atoms with Crippen molar-refractivity contribution in [1.82, 2.24) is 10.2 Å². The van der Waals surface area contributed by atoms with E-state index >= 15 is 0 Å². The SMILES string of the molecule is COc1ccc(OC)c(N(CC(=O)N(Cc2ccc(Cl)cc2)C(Cc2ccccc2)C(=O)NC2CCCCC2)S(C)(=O)=O)c1. The number of nitrogens with one attached hydrogen (secondary N) is 1. The molecule has 1 aliphatic rings. The van der Waals surface area contributed by atoms with E-state index in [0.717, 1.165) is 53.8 Å². The molecule has 0 radical (unpaired) electrons. The van der Waals surface area contributed by atoms with Crippen molar-refractivity contribution in [2.45, 2.75) is 57.2 Å². The highest BCUT2D eigenvalue weighted by atomic mass is 35.5. The van der Waals surface area contributed by atoms with Gasteiger partial charge in [-0.05, 0) is 48.2 Å². The Kier molecular flexibility index (Phi) is 11.5. The monoisotopic (exact) mass is 641 g/mol. The molecule has 0 saturated heterocycles. The summed E-state index contributed by atoms with van der Waals surface area (Å²) >= 11 is 6.14. The zero-order valence-electron chi connectivity index (χ0n) is 25.4. The Balaban J connectivity index is 1.75. The number of nitrogens with zero attached hydrogens (tertiary/aromatic N) is 2. The Morgan fingerprint density at radius 2 is 1.61 bits per heavy atom. The molecular formula is C33H40ClN3O6S. The lowest BCUT2D eigenvalue weighted by molar-refractivity contribution is -0.140. The molecule has 1 N–H and O–H groups in total. The molecular weight excluding hydrogens is 602 g/mol. The minimum atomic E-state index is -3.98. The second kappa shape index (κ2) is 15.3. The predicted molar refractivity (Wildman–Crippen MR) is 173 cm³/mol. The average molecular weight is 642 g/mol. The fourth-order valence-corrected chi connectivity index (χ4v) is 6.44. The van der Waals surface area contributed by atoms with Crippen LogP contribution in [0.25, 0.3) is 0 Å². The molecule has 1 aliphatic carbocycles. The van der Waals surface area contributed by atoms with E-state index in [2.05, 4.69) is 5.32 Å². The van der Waals surface area contributed by atoms with Gasteiger partial charge in [-0.1, -0.05) is 73.3 Å². The molecule has 1 fully saturated rings. The normalized spacial score (nSPS) is 14.4. The van der Waals surface area contributed by atoms with Crippen LogP contribution in [0.4, 0.5) is 5.69 Å². The van der Waals surface area contributed by atoms with Crippen molar-refractivity contribution in [2.75, 3.05) is 31.3 Å². The number of hydrogen-bond acceptors (Lipinski definition) is 6. The molecule has 1 atom stereocenters. The fourth-order valence-electron chi connectivity index (χ4n) is 5.47. The van der Waals surface area contributed by atoms with Crippen LogP contribution in [0.3, 0.4) is 0 Å². The lowest BCUT2D eigenvalue weighted by Gasteiger charge is -2.35. The highest BCUT2D eigenvalue weighted by Gasteiger charge is 2.34. The van der Waals surface area contributed by atoms with Gasteiger partial charge in [-0.25, -0.2) is 8.42 Å². The van der Waals surface area contributed by atoms with Crippen LogP contribution in [0.2, 0.25) is 5.02 Å². The van der Waals surface area contributed by atoms with Gasteiger partial charge in [-0.15, -0.1) is 0 Å². The van der Waals surface area contributed by atoms with E-state index in [0.29, 0.717) is 10.8 Å². The molecule has 1 saturated carbocycles. The van der Waals surface area contributed by atoms with E-state index in [4.69, 9.17) is 21.1 Å². The largest absolute Gasteiger partial charge is 0.497 e. The van der Waals surface area contributed by atoms with Gasteiger partial charge in [0.1, 0.15) is 24.1 Å². The standard InChI is InChI=1S/C33H40ClN3O6S/c1-42-28-18-19-31(43-2)29(21-28)37(44(3,40)41)23-32(38)36(22-25-14-16-26(34)17-15-25)30(20-24-10-6-4-7-11-24)33(39)35-27-12-8-5-9-13-27/h4,6-7,10-11,14-19,21,27,30H,5,8-9,12-13,20,22-23H2,1-3H3,(H,35,39). The molecule has 3 aromatic rings. The number of ether oxygens (including phenoxy) is 2. The van der Waals surface area contributed by atoms with Crippen molar-refractivity contribution in [2.24, 2.45) is 0 Å². The number of sulfonamides is 1. The van der Waals surface area contributed by atoms with Crippen LogP contribution >= 0.6 is 11.6 Å². The molecule has 2 amide bonds. The highest BCUT2D eigenvalue weighted by Crippen LogP contribution is 2.34. The van der Waals surface area contributed by atoms with Crippen molar-refractivity contribution in [3.05, 3.63) is 88.9 Å². The van der Waals surface area contributed by atoms with E-state index in [-0.39, 0.29) is 36.4 Å². The summed E-state index contributed by atoms with van der Waals surface area (Å²) < 4.78 is 38.1. The third kappa shape index (κ3) is 8.89. The predicted octanol–water partition coefficient (Wildman–Crippen LogP) is 5.21. The zero-order valence-corrected chi connectivity index (χ0v) is 26.9. The number of benzene rings is 3. The van der Waals surface area contributed by atoms with Crippen molar-refractivity contribution in [3.8, 4) is 11.5 Å². The topological polar surface area (TPSA) is 105 Å². The molecule has 44 heavy (non-hydrogen) atoms. The minimum Gasteiger partial charge on any atom is -0.497 e. The van der Waals surface area contributed by atoms with Crippen LogP contribution in [-0.2, 0) is 32.6 Å². The number of anilines is 1. The molecule has 9 nitrogen and oxygen atoms in total. The molecule has 11 heteroatoms. The number of carbonyl (C=O) groups is 2. The quantitative estimate of drug-likeness (QED) is 0.275. The molecule has 0 bridgehead atoms. The Bertz CT molecular complexity index is 1510. The fraction of sp³-hybridized carbons (Fsp3) is 0.394. The molecule has 4 rings (SSSR count). The maximum absolute atomic E-state index is 14.4. The summed E-state index contributed by atoms with van der Waals surface area (Å²) in [5, 5.41) is 3.73. The minimum absolute atomic E-state index is 0.0237. The first kappa shape index (κ1) is 33.1. The summed E-state index contributed by atoms with van der Waals surface area (Å²) in [6, 6.07) is 20.4. The maximum Gasteiger partial charge on any atom is 0.244 e. The molecule has 0 aromatic heterocycles. The van der Waals surface area contributed by atoms with Gasteiger partial charge in [-0.3, -0.25) is 13.9 Å². The Morgan fingerprint density at radius 1 is 0.932 bits per heavy atom. The highest BCUT2D eigenvalue weighted by molar-refractivity contribution is 7.92. The summed E-state index contributed by atoms with van der Waals surface area (Å²) in [5.41, 5.74) is 1.77. The summed E-state index contributed by atoms with van der Waals surface area (Å²) in [6.45, 7) is -0.490. The summed E-state index contributed by atoms with van der Waals surface area (Å²) in [4.78, 5) is 29.9.